The van der Waals surface area contributed by atoms with Gasteiger partial charge in [0.25, 0.3) is 0 Å². The Hall–Kier alpha value is -10.6. The van der Waals surface area contributed by atoms with E-state index in [0.29, 0.717) is 57.8 Å². The predicted octanol–water partition coefficient (Wildman–Crippen LogP) is 3.82. The highest BCUT2D eigenvalue weighted by Gasteiger charge is 2.82. The number of likely N-dealkylation sites (tertiary alicyclic amines) is 1. The number of phenols is 1. The first-order chi connectivity index (χ1) is 58.1. The van der Waals surface area contributed by atoms with Gasteiger partial charge in [-0.05, 0) is 125 Å². The molecule has 122 heavy (non-hydrogen) atoms. The van der Waals surface area contributed by atoms with Crippen molar-refractivity contribution in [2.45, 2.75) is 207 Å². The number of H-pyrrole nitrogens is 1. The minimum Gasteiger partial charge on any atom is -0.508 e. The molecular weight excluding hydrogens is 1610 g/mol. The van der Waals surface area contributed by atoms with Crippen molar-refractivity contribution in [1.82, 2.24) is 56.9 Å². The van der Waals surface area contributed by atoms with Crippen LogP contribution in [-0.2, 0) is 97.4 Å². The van der Waals surface area contributed by atoms with E-state index in [4.69, 9.17) is 41.0 Å². The van der Waals surface area contributed by atoms with Crippen LogP contribution >= 0.6 is 23.4 Å². The van der Waals surface area contributed by atoms with Gasteiger partial charge in [-0.3, -0.25) is 58.2 Å². The number of hydrogen-bond acceptors (Lipinski definition) is 23. The highest BCUT2D eigenvalue weighted by atomic mass is 35.5. The van der Waals surface area contributed by atoms with Crippen molar-refractivity contribution in [3.8, 4) is 11.5 Å². The molecule has 2 unspecified atom stereocenters. The van der Waals surface area contributed by atoms with Gasteiger partial charge in [0.15, 0.2) is 11.3 Å². The molecule has 1 saturated carbocycles. The number of halogens is 1. The summed E-state index contributed by atoms with van der Waals surface area (Å²) >= 11 is 8.11. The number of carbonyl (C=O) groups is 12. The van der Waals surface area contributed by atoms with Crippen LogP contribution in [-0.4, -0.2) is 262 Å². The molecule has 0 radical (unpaired) electrons. The number of imide groups is 1. The quantitative estimate of drug-likeness (QED) is 0.0154. The summed E-state index contributed by atoms with van der Waals surface area (Å²) in [5.41, 5.74) is 5.14. The Morgan fingerprint density at radius 1 is 0.803 bits per heavy atom. The summed E-state index contributed by atoms with van der Waals surface area (Å²) < 4.78 is 31.2. The lowest BCUT2D eigenvalue weighted by molar-refractivity contribution is -0.266. The maximum absolute atomic E-state index is 15.3. The third-order valence-electron chi connectivity index (χ3n) is 24.3. The molecule has 0 spiro atoms. The average Bonchev–Trinajstić information content (AvgIpc) is 1.49. The van der Waals surface area contributed by atoms with Gasteiger partial charge in [-0.2, -0.15) is 0 Å². The largest absolute Gasteiger partial charge is 0.508 e. The number of carbonyl (C=O) groups excluding carboxylic acids is 12. The number of alkyl carbamates (subject to hydrolysis) is 1. The number of anilines is 1. The maximum atomic E-state index is 15.3. The predicted molar refractivity (Wildman–Crippen MR) is 452 cm³/mol. The van der Waals surface area contributed by atoms with Crippen LogP contribution < -0.4 is 52.6 Å². The molecule has 1 aromatic heterocycles. The zero-order valence-electron chi connectivity index (χ0n) is 70.2. The average molecular weight is 1730 g/mol. The van der Waals surface area contributed by atoms with Crippen LogP contribution in [0.15, 0.2) is 121 Å². The Bertz CT molecular complexity index is 4770. The number of fused-ring (bicyclic) bond motifs is 5. The Morgan fingerprint density at radius 3 is 2.17 bits per heavy atom. The molecule has 4 aromatic carbocycles. The smallest absolute Gasteiger partial charge is 0.409 e. The number of phenolic OH excluding ortho intramolecular Hbond substituents is 1. The second kappa shape index (κ2) is 40.1. The summed E-state index contributed by atoms with van der Waals surface area (Å²) in [6.45, 7) is 8.46. The Labute approximate surface area is 717 Å². The second-order valence-electron chi connectivity index (χ2n) is 32.6. The van der Waals surface area contributed by atoms with E-state index in [1.807, 2.05) is 62.2 Å². The lowest BCUT2D eigenvalue weighted by atomic mass is 9.57. The molecule has 17 atom stereocenters. The number of aliphatic hydroxyl groups excluding tert-OH is 1. The standard InChI is InChI=1S/C87H112ClN13O20S/c1-48-20-18-26-67(118-10)87(116)74-73(119-84(115)97-87)49(2)75-85(5,120-75)86(74,34-38-98(6)64-43-54(40-48)44-65(117-9)71(64)88)121-83(114)50(3)99(7)69(105)33-39-122-66-46-70(106)101(82(66)113)37-19-36-90-68(104)32-31-63-79(110)94-60(41-53-27-29-56(103)30-28-53)77(108)93-61(45-55-47-91-58-24-15-14-23-57(55)58)78(109)92-59(25-16-17-35-89)76(107)96-72(51(4)102)80(111)95-62(81(112)100(63)8)42-52-21-12-11-13-22-52/h11-15,18,20-24,26-30,43-44,47,49-51,59-63,66-67,72-75,91,102-103,116H,16-17,19,25,31-42,45-46,89H2,1-10H3,(H,90,104)(H,92,109)(H,93,108)(H,94,110)(H,95,111)(H,96,107)(H,97,115)/b26-18+,48-20+/t49-,50+,51-,59+,60+,61-,62+,63+,66?,67-,72+,73-,74?,75+,85-,86-,87-/m1/s1. The number of nitrogens with one attached hydrogen (secondary N) is 8. The highest BCUT2D eigenvalue weighted by Crippen LogP contribution is 2.64. The summed E-state index contributed by atoms with van der Waals surface area (Å²) in [5, 5.41) is 54.0. The van der Waals surface area contributed by atoms with Crippen molar-refractivity contribution < 1.29 is 96.5 Å². The summed E-state index contributed by atoms with van der Waals surface area (Å²) in [5.74, 6) is -9.82. The molecule has 2 bridgehead atoms. The fourth-order valence-electron chi connectivity index (χ4n) is 17.2. The van der Waals surface area contributed by atoms with Gasteiger partial charge in [0.2, 0.25) is 59.1 Å². The van der Waals surface area contributed by atoms with Gasteiger partial charge in [-0.1, -0.05) is 103 Å². The molecule has 5 aliphatic heterocycles. The molecule has 11 amide bonds. The van der Waals surface area contributed by atoms with Crippen LogP contribution in [0, 0.1) is 11.8 Å². The Balaban J connectivity index is 0.760. The zero-order valence-corrected chi connectivity index (χ0v) is 71.8. The van der Waals surface area contributed by atoms with E-state index in [1.54, 1.807) is 61.7 Å². The number of rotatable bonds is 27. The number of unbranched alkanes of at least 4 members (excludes halogenated alkanes) is 1. The first-order valence-electron chi connectivity index (χ1n) is 41.2. The molecule has 6 aliphatic rings. The number of esters is 1. The number of aromatic hydroxyl groups is 1. The molecule has 5 fully saturated rings. The van der Waals surface area contributed by atoms with Crippen LogP contribution in [0.5, 0.6) is 11.5 Å². The van der Waals surface area contributed by atoms with E-state index in [2.05, 4.69) is 42.2 Å². The molecule has 658 valence electrons. The molecule has 1 aliphatic carbocycles. The minimum absolute atomic E-state index is 0.00940. The van der Waals surface area contributed by atoms with E-state index < -0.39 is 185 Å². The van der Waals surface area contributed by atoms with E-state index in [1.165, 1.54) is 71.3 Å². The third-order valence-corrected chi connectivity index (χ3v) is 25.9. The number of hydrogen-bond donors (Lipinski definition) is 12. The first kappa shape index (κ1) is 92.1. The fraction of sp³-hybridized carbons (Fsp3) is 0.517. The fourth-order valence-corrected chi connectivity index (χ4v) is 18.6. The number of benzene rings is 4. The zero-order chi connectivity index (χ0) is 88.2. The van der Waals surface area contributed by atoms with Gasteiger partial charge in [-0.25, -0.2) is 9.59 Å². The first-order valence-corrected chi connectivity index (χ1v) is 42.6. The van der Waals surface area contributed by atoms with Crippen molar-refractivity contribution in [3.05, 3.63) is 148 Å². The lowest BCUT2D eigenvalue weighted by Gasteiger charge is -2.58. The van der Waals surface area contributed by atoms with Crippen molar-refractivity contribution in [2.24, 2.45) is 17.6 Å². The van der Waals surface area contributed by atoms with E-state index >= 15 is 19.2 Å². The topological polar surface area (TPSA) is 454 Å². The number of epoxide rings is 1. The SMILES string of the molecule is COc1cc2cc(c1Cl)N(C)CC[C@@]1(OC(=O)[C@H](C)N(C)C(=O)CCSC3CC(=O)N(CCCNC(=O)CC[C@H]4C(=O)N[C@@H](Cc5ccc(O)cc5)C(=O)N[C@H](Cc5c[nH]c6ccccc56)C(=O)N[C@@H](CCCCN)C(=O)N[C@@H]([C@@H](C)O)C(=O)N[C@@H](Cc5ccccc5)C(=O)N4C)C3=O)C3[C@H](OC(=O)N[C@@]3(O)[C@H](OC)/C=C/C=C(\C)C2)[C@@H](C)[C@@H]2O[C@]21C. The monoisotopic (exact) mass is 1730 g/mol. The molecule has 33 nitrogen and oxygen atoms in total. The number of aromatic nitrogens is 1. The van der Waals surface area contributed by atoms with Gasteiger partial charge in [0.05, 0.1) is 36.2 Å². The molecule has 6 heterocycles. The van der Waals surface area contributed by atoms with Crippen molar-refractivity contribution in [1.29, 1.82) is 0 Å². The molecular formula is C87H112ClN13O20S. The van der Waals surface area contributed by atoms with Gasteiger partial charge >= 0.3 is 12.1 Å². The van der Waals surface area contributed by atoms with Gasteiger partial charge in [0, 0.05) is 122 Å². The number of ether oxygens (including phenoxy) is 5. The van der Waals surface area contributed by atoms with Crippen molar-refractivity contribution in [2.75, 3.05) is 72.2 Å². The summed E-state index contributed by atoms with van der Waals surface area (Å²) in [7, 11) is 7.42. The molecule has 4 saturated heterocycles. The number of para-hydroxylation sites is 1. The number of allylic oxidation sites excluding steroid dienone is 3. The molecule has 35 heteroatoms. The van der Waals surface area contributed by atoms with E-state index in [-0.39, 0.29) is 89.0 Å². The number of nitrogens with two attached hydrogens (primary N) is 1. The Kier molecular flexibility index (Phi) is 30.3. The lowest BCUT2D eigenvalue weighted by Crippen LogP contribution is -2.79. The number of nitrogens with zero attached hydrogens (tertiary/aromatic N) is 4. The summed E-state index contributed by atoms with van der Waals surface area (Å²) in [6, 6.07) is 15.0. The Morgan fingerprint density at radius 2 is 1.47 bits per heavy atom. The van der Waals surface area contributed by atoms with Crippen LogP contribution in [0.3, 0.4) is 0 Å². The van der Waals surface area contributed by atoms with Crippen LogP contribution in [0.2, 0.25) is 5.02 Å². The maximum Gasteiger partial charge on any atom is 0.409 e. The minimum atomic E-state index is -2.30. The number of aromatic amines is 1. The van der Waals surface area contributed by atoms with Crippen molar-refractivity contribution in [3.63, 3.8) is 0 Å². The summed E-state index contributed by atoms with van der Waals surface area (Å²) in [6.07, 6.45) is 0.836. The number of aliphatic hydroxyl groups is 2. The number of likely N-dealkylation sites (N-methyl/N-ethyl adjacent to an activating group) is 2. The number of thioether (sulfide) groups is 1. The van der Waals surface area contributed by atoms with Gasteiger partial charge in [0.1, 0.15) is 76.6 Å². The highest BCUT2D eigenvalue weighted by molar-refractivity contribution is 8.00. The molecule has 5 aromatic rings. The number of amides is 11. The molecule has 13 N–H and O–H groups in total. The van der Waals surface area contributed by atoms with E-state index in [9.17, 15) is 53.7 Å². The van der Waals surface area contributed by atoms with Crippen LogP contribution in [0.4, 0.5) is 10.5 Å². The third kappa shape index (κ3) is 20.8. The normalized spacial score (nSPS) is 28.6. The van der Waals surface area contributed by atoms with Crippen molar-refractivity contribution >= 4 is 111 Å². The van der Waals surface area contributed by atoms with Crippen LogP contribution in [0.1, 0.15) is 115 Å². The summed E-state index contributed by atoms with van der Waals surface area (Å²) in [4.78, 5) is 183. The van der Waals surface area contributed by atoms with Crippen LogP contribution in [0.25, 0.3) is 10.9 Å². The second-order valence-corrected chi connectivity index (χ2v) is 34.3. The van der Waals surface area contributed by atoms with Gasteiger partial charge in [-0.15, -0.1) is 11.8 Å². The molecule has 11 rings (SSSR count). The van der Waals surface area contributed by atoms with Gasteiger partial charge < -0.3 is 96.3 Å². The van der Waals surface area contributed by atoms with E-state index in [0.717, 1.165) is 38.2 Å². The number of methoxy groups -OCH3 is 2.